The van der Waals surface area contributed by atoms with E-state index in [0.717, 1.165) is 17.3 Å². The third-order valence-corrected chi connectivity index (χ3v) is 3.61. The lowest BCUT2D eigenvalue weighted by Crippen LogP contribution is -2.12. The van der Waals surface area contributed by atoms with Gasteiger partial charge in [0.1, 0.15) is 0 Å². The van der Waals surface area contributed by atoms with E-state index >= 15 is 0 Å². The predicted octanol–water partition coefficient (Wildman–Crippen LogP) is 5.22. The zero-order chi connectivity index (χ0) is 19.7. The van der Waals surface area contributed by atoms with Crippen molar-refractivity contribution in [3.05, 3.63) is 71.3 Å². The molecule has 2 aromatic carbocycles. The lowest BCUT2D eigenvalue weighted by atomic mass is 10.1. The molecule has 2 rings (SSSR count). The van der Waals surface area contributed by atoms with Crippen LogP contribution in [-0.4, -0.2) is 31.1 Å². The number of carbonyl (C=O) groups excluding carboxylic acids is 1. The van der Waals surface area contributed by atoms with E-state index in [9.17, 15) is 18.0 Å². The number of hydrogen-bond acceptors (Lipinski definition) is 2. The first-order valence-electron chi connectivity index (χ1n) is 8.31. The summed E-state index contributed by atoms with van der Waals surface area (Å²) in [6.07, 6.45) is -1.33. The number of amidine groups is 1. The topological polar surface area (TPSA) is 41.8 Å². The first-order chi connectivity index (χ1) is 12.9. The molecule has 0 unspecified atom stereocenters. The van der Waals surface area contributed by atoms with Gasteiger partial charge in [0.05, 0.1) is 12.6 Å². The summed E-state index contributed by atoms with van der Waals surface area (Å²) in [4.78, 5) is 19.5. The van der Waals surface area contributed by atoms with E-state index in [1.807, 2.05) is 60.7 Å². The number of halogens is 3. The second-order valence-corrected chi connectivity index (χ2v) is 5.76. The average molecular weight is 372 g/mol. The molecule has 0 atom stereocenters. The molecule has 27 heavy (non-hydrogen) atoms. The van der Waals surface area contributed by atoms with Gasteiger partial charge in [0, 0.05) is 19.0 Å². The highest BCUT2D eigenvalue weighted by atomic mass is 19.4. The molecule has 0 aliphatic heterocycles. The molecule has 0 saturated heterocycles. The number of rotatable bonds is 6. The summed E-state index contributed by atoms with van der Waals surface area (Å²) >= 11 is 0. The van der Waals surface area contributed by atoms with Crippen molar-refractivity contribution in [2.45, 2.75) is 19.0 Å². The van der Waals surface area contributed by atoms with Gasteiger partial charge in [-0.05, 0) is 17.2 Å². The van der Waals surface area contributed by atoms with Crippen molar-refractivity contribution in [1.82, 2.24) is 0 Å². The summed E-state index contributed by atoms with van der Waals surface area (Å²) in [6, 6.07) is 17.2. The molecule has 140 valence electrons. The maximum absolute atomic E-state index is 12.2. The third-order valence-electron chi connectivity index (χ3n) is 3.61. The highest BCUT2D eigenvalue weighted by Gasteiger charge is 2.27. The molecule has 0 amide bonds. The quantitative estimate of drug-likeness (QED) is 0.390. The van der Waals surface area contributed by atoms with Crippen molar-refractivity contribution in [1.29, 1.82) is 0 Å². The second kappa shape index (κ2) is 9.62. The maximum Gasteiger partial charge on any atom is 0.389 e. The van der Waals surface area contributed by atoms with Crippen LogP contribution in [0.25, 0.3) is 12.2 Å². The molecule has 0 radical (unpaired) electrons. The van der Waals surface area contributed by atoms with E-state index in [4.69, 9.17) is 0 Å². The van der Waals surface area contributed by atoms with Gasteiger partial charge in [-0.15, -0.1) is 0 Å². The van der Waals surface area contributed by atoms with Crippen LogP contribution in [-0.2, 0) is 4.79 Å². The highest BCUT2D eigenvalue weighted by molar-refractivity contribution is 6.30. The minimum Gasteiger partial charge on any atom is -0.293 e. The Labute approximate surface area is 156 Å². The van der Waals surface area contributed by atoms with Crippen LogP contribution in [0, 0.1) is 0 Å². The molecule has 0 N–H and O–H groups in total. The Hall–Kier alpha value is -3.02. The number of nitrogens with zero attached hydrogens (tertiary/aromatic N) is 2. The molecule has 0 aliphatic rings. The Kier molecular flexibility index (Phi) is 7.23. The number of benzene rings is 2. The van der Waals surface area contributed by atoms with Gasteiger partial charge in [0.15, 0.2) is 11.6 Å². The van der Waals surface area contributed by atoms with Crippen LogP contribution in [0.3, 0.4) is 0 Å². The van der Waals surface area contributed by atoms with Gasteiger partial charge in [-0.3, -0.25) is 9.79 Å². The highest BCUT2D eigenvalue weighted by Crippen LogP contribution is 2.21. The summed E-state index contributed by atoms with van der Waals surface area (Å²) in [6.45, 7) is 0. The van der Waals surface area contributed by atoms with Gasteiger partial charge in [-0.2, -0.15) is 13.2 Å². The number of aliphatic imine (C=N–C) groups is 2. The van der Waals surface area contributed by atoms with E-state index < -0.39 is 24.8 Å². The fourth-order valence-electron chi connectivity index (χ4n) is 2.26. The van der Waals surface area contributed by atoms with Crippen LogP contribution in [0.5, 0.6) is 0 Å². The van der Waals surface area contributed by atoms with Crippen molar-refractivity contribution in [3.63, 3.8) is 0 Å². The summed E-state index contributed by atoms with van der Waals surface area (Å²) < 4.78 is 36.5. The van der Waals surface area contributed by atoms with Crippen molar-refractivity contribution in [2.24, 2.45) is 9.98 Å². The van der Waals surface area contributed by atoms with Gasteiger partial charge in [0.25, 0.3) is 0 Å². The first kappa shape index (κ1) is 20.3. The molecular weight excluding hydrogens is 353 g/mol. The van der Waals surface area contributed by atoms with E-state index in [0.29, 0.717) is 5.56 Å². The van der Waals surface area contributed by atoms with Crippen LogP contribution >= 0.6 is 0 Å². The molecule has 0 bridgehead atoms. The van der Waals surface area contributed by atoms with Crippen LogP contribution in [0.4, 0.5) is 13.2 Å². The van der Waals surface area contributed by atoms with Crippen LogP contribution < -0.4 is 0 Å². The molecule has 0 fully saturated rings. The van der Waals surface area contributed by atoms with E-state index in [-0.39, 0.29) is 5.84 Å². The fraction of sp³-hybridized carbons (Fsp3) is 0.190. The monoisotopic (exact) mass is 372 g/mol. The normalized spacial score (nSPS) is 12.8. The zero-order valence-electron chi connectivity index (χ0n) is 14.8. The Morgan fingerprint density at radius 1 is 1.00 bits per heavy atom. The van der Waals surface area contributed by atoms with Crippen molar-refractivity contribution < 1.29 is 18.0 Å². The Morgan fingerprint density at radius 3 is 2.33 bits per heavy atom. The van der Waals surface area contributed by atoms with Crippen LogP contribution in [0.2, 0.25) is 0 Å². The number of alkyl halides is 3. The van der Waals surface area contributed by atoms with Crippen molar-refractivity contribution in [2.75, 3.05) is 7.05 Å². The van der Waals surface area contributed by atoms with Crippen molar-refractivity contribution >= 4 is 30.0 Å². The molecule has 3 nitrogen and oxygen atoms in total. The van der Waals surface area contributed by atoms with Gasteiger partial charge in [-0.25, -0.2) is 4.99 Å². The molecule has 0 heterocycles. The fourth-order valence-corrected chi connectivity index (χ4v) is 2.26. The lowest BCUT2D eigenvalue weighted by Gasteiger charge is -2.04. The number of carbonyl (C=O) groups is 1. The summed E-state index contributed by atoms with van der Waals surface area (Å²) in [5, 5.41) is 0. The minimum atomic E-state index is -4.36. The molecule has 0 aromatic heterocycles. The molecule has 0 spiro atoms. The molecule has 0 aliphatic carbocycles. The van der Waals surface area contributed by atoms with Gasteiger partial charge >= 0.3 is 6.18 Å². The van der Waals surface area contributed by atoms with Gasteiger partial charge < -0.3 is 0 Å². The number of hydrogen-bond donors (Lipinski definition) is 0. The SMILES string of the molecule is CN=C(N=CC(=O)CCC(F)(F)F)c1cccc(/C=C\c2ccccc2)c1. The Bertz CT molecular complexity index is 853. The summed E-state index contributed by atoms with van der Waals surface area (Å²) in [5.41, 5.74) is 2.64. The Balaban J connectivity index is 2.08. The largest absolute Gasteiger partial charge is 0.389 e. The average Bonchev–Trinajstić information content (AvgIpc) is 2.66. The van der Waals surface area contributed by atoms with Crippen LogP contribution in [0.1, 0.15) is 29.5 Å². The van der Waals surface area contributed by atoms with Gasteiger partial charge in [-0.1, -0.05) is 60.7 Å². The van der Waals surface area contributed by atoms with E-state index in [2.05, 4.69) is 9.98 Å². The molecule has 0 saturated carbocycles. The maximum atomic E-state index is 12.2. The number of ketones is 1. The zero-order valence-corrected chi connectivity index (χ0v) is 14.8. The van der Waals surface area contributed by atoms with Crippen LogP contribution in [0.15, 0.2) is 64.6 Å². The second-order valence-electron chi connectivity index (χ2n) is 5.76. The van der Waals surface area contributed by atoms with Gasteiger partial charge in [0.2, 0.25) is 0 Å². The third kappa shape index (κ3) is 7.40. The Morgan fingerprint density at radius 2 is 1.67 bits per heavy atom. The van der Waals surface area contributed by atoms with E-state index in [1.165, 1.54) is 7.05 Å². The molecule has 2 aromatic rings. The van der Waals surface area contributed by atoms with Crippen molar-refractivity contribution in [3.8, 4) is 0 Å². The number of Topliss-reactive ketones (excluding diaryl/α,β-unsaturated/α-hetero) is 1. The first-order valence-corrected chi connectivity index (χ1v) is 8.31. The smallest absolute Gasteiger partial charge is 0.293 e. The summed E-state index contributed by atoms with van der Waals surface area (Å²) in [5.74, 6) is -0.404. The summed E-state index contributed by atoms with van der Waals surface area (Å²) in [7, 11) is 1.51. The predicted molar refractivity (Wildman–Crippen MR) is 103 cm³/mol. The van der Waals surface area contributed by atoms with E-state index in [1.54, 1.807) is 6.07 Å². The standard InChI is InChI=1S/C21H19F3N2O/c1-25-20(26-15-19(27)12-13-21(22,23)24)18-9-5-8-17(14-18)11-10-16-6-3-2-4-7-16/h2-11,14-15H,12-13H2,1H3/b11-10-,25-20?,26-15?. The molecular formula is C21H19F3N2O. The molecule has 6 heteroatoms. The minimum absolute atomic E-state index is 0.283. The lowest BCUT2D eigenvalue weighted by molar-refractivity contribution is -0.140.